The zero-order chi connectivity index (χ0) is 15.0. The maximum atomic E-state index is 13.9. The Balaban J connectivity index is 1.79. The molecule has 1 aliphatic rings. The molecule has 1 aliphatic carbocycles. The molecule has 0 radical (unpaired) electrons. The van der Waals surface area contributed by atoms with Gasteiger partial charge in [0.05, 0.1) is 11.7 Å². The topological polar surface area (TPSA) is 54.9 Å². The summed E-state index contributed by atoms with van der Waals surface area (Å²) in [6, 6.07) is 3.94. The molecule has 1 fully saturated rings. The molecule has 0 spiro atoms. The quantitative estimate of drug-likeness (QED) is 0.932. The molecule has 1 atom stereocenters. The predicted octanol–water partition coefficient (Wildman–Crippen LogP) is 3.70. The van der Waals surface area contributed by atoms with Crippen LogP contribution in [0.2, 0.25) is 5.02 Å². The van der Waals surface area contributed by atoms with E-state index in [0.717, 1.165) is 30.1 Å². The lowest BCUT2D eigenvalue weighted by Gasteiger charge is -2.16. The number of nitrogens with one attached hydrogen (secondary N) is 1. The van der Waals surface area contributed by atoms with Crippen LogP contribution in [0.25, 0.3) is 0 Å². The van der Waals surface area contributed by atoms with Crippen molar-refractivity contribution < 1.29 is 9.18 Å². The Kier molecular flexibility index (Phi) is 3.91. The predicted molar refractivity (Wildman–Crippen MR) is 79.2 cm³/mol. The Hall–Kier alpha value is -1.53. The van der Waals surface area contributed by atoms with Gasteiger partial charge in [-0.2, -0.15) is 0 Å². The van der Waals surface area contributed by atoms with Gasteiger partial charge in [0.25, 0.3) is 5.91 Å². The number of halogens is 2. The van der Waals surface area contributed by atoms with E-state index in [1.54, 1.807) is 13.0 Å². The monoisotopic (exact) mass is 325 g/mol. The lowest BCUT2D eigenvalue weighted by Crippen LogP contribution is -2.27. The van der Waals surface area contributed by atoms with Crippen molar-refractivity contribution in [3.63, 3.8) is 0 Å². The lowest BCUT2D eigenvalue weighted by molar-refractivity contribution is 0.0942. The first-order valence-electron chi connectivity index (χ1n) is 6.65. The Morgan fingerprint density at radius 3 is 2.95 bits per heavy atom. The van der Waals surface area contributed by atoms with E-state index in [4.69, 9.17) is 11.6 Å². The molecule has 0 unspecified atom stereocenters. The molecule has 3 rings (SSSR count). The second kappa shape index (κ2) is 5.69. The van der Waals surface area contributed by atoms with Crippen LogP contribution in [0, 0.1) is 5.82 Å². The number of carbonyl (C=O) groups is 1. The van der Waals surface area contributed by atoms with Gasteiger partial charge in [-0.05, 0) is 43.4 Å². The van der Waals surface area contributed by atoms with Crippen LogP contribution in [0.1, 0.15) is 52.7 Å². The summed E-state index contributed by atoms with van der Waals surface area (Å²) in [4.78, 5) is 12.8. The molecule has 1 aromatic carbocycles. The second-order valence-electron chi connectivity index (χ2n) is 5.09. The minimum Gasteiger partial charge on any atom is -0.345 e. The van der Waals surface area contributed by atoms with Crippen LogP contribution in [-0.4, -0.2) is 15.5 Å². The van der Waals surface area contributed by atoms with Crippen molar-refractivity contribution in [1.29, 1.82) is 0 Å². The van der Waals surface area contributed by atoms with Crippen molar-refractivity contribution in [3.8, 4) is 0 Å². The zero-order valence-electron chi connectivity index (χ0n) is 11.3. The first-order valence-corrected chi connectivity index (χ1v) is 7.80. The summed E-state index contributed by atoms with van der Waals surface area (Å²) in [7, 11) is 0. The smallest absolute Gasteiger partial charge is 0.265 e. The molecule has 1 saturated carbocycles. The molecule has 2 aromatic rings. The molecule has 1 aromatic heterocycles. The zero-order valence-corrected chi connectivity index (χ0v) is 12.8. The van der Waals surface area contributed by atoms with Gasteiger partial charge in [0.1, 0.15) is 10.7 Å². The van der Waals surface area contributed by atoms with E-state index in [0.29, 0.717) is 15.8 Å². The number of carbonyl (C=O) groups excluding carboxylic acids is 1. The SMILES string of the molecule is C[C@H](NC(=O)c1snnc1C1CC1)c1c(F)cccc1Cl. The number of aromatic nitrogens is 2. The molecule has 1 amide bonds. The van der Waals surface area contributed by atoms with Crippen molar-refractivity contribution in [3.05, 3.63) is 45.2 Å². The van der Waals surface area contributed by atoms with Gasteiger partial charge in [-0.3, -0.25) is 4.79 Å². The fourth-order valence-electron chi connectivity index (χ4n) is 2.24. The van der Waals surface area contributed by atoms with E-state index in [1.807, 2.05) is 0 Å². The van der Waals surface area contributed by atoms with Gasteiger partial charge in [0.2, 0.25) is 0 Å². The summed E-state index contributed by atoms with van der Waals surface area (Å²) in [5.74, 6) is -0.365. The van der Waals surface area contributed by atoms with Crippen LogP contribution < -0.4 is 5.32 Å². The highest BCUT2D eigenvalue weighted by molar-refractivity contribution is 7.08. The molecule has 110 valence electrons. The van der Waals surface area contributed by atoms with Gasteiger partial charge in [-0.1, -0.05) is 22.2 Å². The molecule has 21 heavy (non-hydrogen) atoms. The molecular weight excluding hydrogens is 313 g/mol. The highest BCUT2D eigenvalue weighted by atomic mass is 35.5. The summed E-state index contributed by atoms with van der Waals surface area (Å²) < 4.78 is 17.7. The summed E-state index contributed by atoms with van der Waals surface area (Å²) in [6.07, 6.45) is 2.08. The first-order chi connectivity index (χ1) is 10.1. The van der Waals surface area contributed by atoms with Crippen molar-refractivity contribution >= 4 is 29.0 Å². The van der Waals surface area contributed by atoms with Crippen molar-refractivity contribution in [2.24, 2.45) is 0 Å². The first kappa shape index (κ1) is 14.4. The Morgan fingerprint density at radius 1 is 1.52 bits per heavy atom. The molecule has 0 bridgehead atoms. The third-order valence-corrected chi connectivity index (χ3v) is 4.53. The van der Waals surface area contributed by atoms with Crippen LogP contribution in [0.5, 0.6) is 0 Å². The van der Waals surface area contributed by atoms with Gasteiger partial charge in [-0.15, -0.1) is 5.10 Å². The van der Waals surface area contributed by atoms with E-state index >= 15 is 0 Å². The maximum Gasteiger partial charge on any atom is 0.265 e. The number of hydrogen-bond acceptors (Lipinski definition) is 4. The molecule has 7 heteroatoms. The minimum absolute atomic E-state index is 0.279. The van der Waals surface area contributed by atoms with Crippen molar-refractivity contribution in [2.75, 3.05) is 0 Å². The molecule has 4 nitrogen and oxygen atoms in total. The summed E-state index contributed by atoms with van der Waals surface area (Å²) in [6.45, 7) is 1.70. The van der Waals surface area contributed by atoms with Crippen molar-refractivity contribution in [2.45, 2.75) is 31.7 Å². The Bertz CT molecular complexity index is 666. The van der Waals surface area contributed by atoms with Gasteiger partial charge < -0.3 is 5.32 Å². The third kappa shape index (κ3) is 2.91. The highest BCUT2D eigenvalue weighted by Gasteiger charge is 2.32. The molecule has 0 saturated heterocycles. The van der Waals surface area contributed by atoms with Gasteiger partial charge in [0, 0.05) is 16.5 Å². The molecule has 1 heterocycles. The summed E-state index contributed by atoms with van der Waals surface area (Å²) in [5, 5.41) is 7.09. The fourth-order valence-corrected chi connectivity index (χ4v) is 3.22. The molecular formula is C14H13ClFN3OS. The average molecular weight is 326 g/mol. The fraction of sp³-hybridized carbons (Fsp3) is 0.357. The third-order valence-electron chi connectivity index (χ3n) is 3.46. The average Bonchev–Trinajstić information content (AvgIpc) is 3.15. The Morgan fingerprint density at radius 2 is 2.29 bits per heavy atom. The number of rotatable bonds is 4. The van der Waals surface area contributed by atoms with Crippen LogP contribution >= 0.6 is 23.1 Å². The second-order valence-corrected chi connectivity index (χ2v) is 6.25. The summed E-state index contributed by atoms with van der Waals surface area (Å²) >= 11 is 7.08. The standard InChI is InChI=1S/C14H13ClFN3OS/c1-7(11-9(15)3-2-4-10(11)16)17-14(20)13-12(8-5-6-8)18-19-21-13/h2-4,7-8H,5-6H2,1H3,(H,17,20)/t7-/m0/s1. The van der Waals surface area contributed by atoms with Crippen molar-refractivity contribution in [1.82, 2.24) is 14.9 Å². The normalized spacial score (nSPS) is 15.8. The summed E-state index contributed by atoms with van der Waals surface area (Å²) in [5.41, 5.74) is 1.04. The van der Waals surface area contributed by atoms with Crippen LogP contribution in [-0.2, 0) is 0 Å². The van der Waals surface area contributed by atoms with E-state index in [2.05, 4.69) is 14.9 Å². The highest BCUT2D eigenvalue weighted by Crippen LogP contribution is 2.41. The van der Waals surface area contributed by atoms with E-state index < -0.39 is 11.9 Å². The van der Waals surface area contributed by atoms with E-state index in [-0.39, 0.29) is 11.5 Å². The number of hydrogen-bond donors (Lipinski definition) is 1. The number of benzene rings is 1. The van der Waals surface area contributed by atoms with Gasteiger partial charge in [-0.25, -0.2) is 4.39 Å². The van der Waals surface area contributed by atoms with E-state index in [1.165, 1.54) is 12.1 Å². The largest absolute Gasteiger partial charge is 0.345 e. The van der Waals surface area contributed by atoms with E-state index in [9.17, 15) is 9.18 Å². The molecule has 0 aliphatic heterocycles. The van der Waals surface area contributed by atoms with Crippen LogP contribution in [0.4, 0.5) is 4.39 Å². The number of nitrogens with zero attached hydrogens (tertiary/aromatic N) is 2. The van der Waals surface area contributed by atoms with Crippen LogP contribution in [0.15, 0.2) is 18.2 Å². The molecule has 1 N–H and O–H groups in total. The Labute approximate surface area is 130 Å². The van der Waals surface area contributed by atoms with Crippen LogP contribution in [0.3, 0.4) is 0 Å². The minimum atomic E-state index is -0.527. The maximum absolute atomic E-state index is 13.9. The van der Waals surface area contributed by atoms with Gasteiger partial charge >= 0.3 is 0 Å². The lowest BCUT2D eigenvalue weighted by atomic mass is 10.1. The van der Waals surface area contributed by atoms with Gasteiger partial charge in [0.15, 0.2) is 0 Å². The number of amides is 1.